The molecule has 1 aromatic carbocycles. The van der Waals surface area contributed by atoms with E-state index in [1.54, 1.807) is 12.4 Å². The number of rotatable bonds is 1. The summed E-state index contributed by atoms with van der Waals surface area (Å²) in [6, 6.07) is 12.2. The Morgan fingerprint density at radius 3 is 2.90 bits per heavy atom. The minimum atomic E-state index is 0.894. The average Bonchev–Trinajstić information content (AvgIpc) is 2.90. The van der Waals surface area contributed by atoms with E-state index in [4.69, 9.17) is 0 Å². The van der Waals surface area contributed by atoms with Crippen molar-refractivity contribution >= 4 is 21.9 Å². The van der Waals surface area contributed by atoms with Crippen LogP contribution in [-0.4, -0.2) is 19.5 Å². The zero-order chi connectivity index (χ0) is 13.5. The van der Waals surface area contributed by atoms with E-state index in [-0.39, 0.29) is 0 Å². The summed E-state index contributed by atoms with van der Waals surface area (Å²) in [6.45, 7) is 2.01. The van der Waals surface area contributed by atoms with Gasteiger partial charge in [-0.1, -0.05) is 18.2 Å². The highest BCUT2D eigenvalue weighted by Gasteiger charge is 2.09. The molecule has 0 spiro atoms. The molecule has 4 aromatic rings. The maximum atomic E-state index is 4.58. The molecular weight excluding hydrogens is 248 g/mol. The van der Waals surface area contributed by atoms with Crippen LogP contribution in [0.2, 0.25) is 0 Å². The Morgan fingerprint density at radius 1 is 1.05 bits per heavy atom. The van der Waals surface area contributed by atoms with E-state index < -0.39 is 0 Å². The molecule has 0 aliphatic heterocycles. The normalized spacial score (nSPS) is 11.2. The second-order valence-corrected chi connectivity index (χ2v) is 4.78. The van der Waals surface area contributed by atoms with Crippen LogP contribution >= 0.6 is 0 Å². The Morgan fingerprint density at radius 2 is 1.95 bits per heavy atom. The molecule has 0 unspecified atom stereocenters. The van der Waals surface area contributed by atoms with Gasteiger partial charge in [-0.3, -0.25) is 14.5 Å². The molecule has 0 fully saturated rings. The third kappa shape index (κ3) is 1.58. The highest BCUT2D eigenvalue weighted by atomic mass is 15.1. The summed E-state index contributed by atoms with van der Waals surface area (Å²) >= 11 is 0. The third-order valence-corrected chi connectivity index (χ3v) is 3.43. The van der Waals surface area contributed by atoms with Crippen LogP contribution < -0.4 is 0 Å². The highest BCUT2D eigenvalue weighted by Crippen LogP contribution is 2.25. The van der Waals surface area contributed by atoms with E-state index in [0.29, 0.717) is 0 Å². The van der Waals surface area contributed by atoms with Gasteiger partial charge in [-0.15, -0.1) is 0 Å². The van der Waals surface area contributed by atoms with E-state index >= 15 is 0 Å². The number of pyridine rings is 2. The van der Waals surface area contributed by atoms with Crippen LogP contribution in [0.1, 0.15) is 5.69 Å². The molecule has 0 atom stereocenters. The number of fused-ring (bicyclic) bond motifs is 2. The van der Waals surface area contributed by atoms with Gasteiger partial charge in [0.15, 0.2) is 0 Å². The van der Waals surface area contributed by atoms with Crippen molar-refractivity contribution in [1.82, 2.24) is 19.5 Å². The fraction of sp³-hybridized carbons (Fsp3) is 0.0625. The topological polar surface area (TPSA) is 43.6 Å². The molecule has 0 radical (unpaired) electrons. The van der Waals surface area contributed by atoms with Crippen LogP contribution in [0.25, 0.3) is 27.6 Å². The van der Waals surface area contributed by atoms with Crippen molar-refractivity contribution < 1.29 is 0 Å². The van der Waals surface area contributed by atoms with Crippen molar-refractivity contribution in [2.24, 2.45) is 0 Å². The summed E-state index contributed by atoms with van der Waals surface area (Å²) in [7, 11) is 0. The van der Waals surface area contributed by atoms with Crippen molar-refractivity contribution in [3.05, 3.63) is 60.8 Å². The van der Waals surface area contributed by atoms with E-state index in [0.717, 1.165) is 33.3 Å². The van der Waals surface area contributed by atoms with E-state index in [1.807, 2.05) is 37.5 Å². The van der Waals surface area contributed by atoms with Crippen molar-refractivity contribution in [2.75, 3.05) is 0 Å². The predicted molar refractivity (Wildman–Crippen MR) is 78.9 cm³/mol. The van der Waals surface area contributed by atoms with E-state index in [2.05, 4.69) is 31.7 Å². The summed E-state index contributed by atoms with van der Waals surface area (Å²) < 4.78 is 2.09. The van der Waals surface area contributed by atoms with Crippen LogP contribution in [0.4, 0.5) is 0 Å². The molecule has 0 aliphatic rings. The van der Waals surface area contributed by atoms with Crippen molar-refractivity contribution in [1.29, 1.82) is 0 Å². The zero-order valence-electron chi connectivity index (χ0n) is 11.0. The fourth-order valence-electron chi connectivity index (χ4n) is 2.54. The van der Waals surface area contributed by atoms with Crippen LogP contribution in [0.5, 0.6) is 0 Å². The molecule has 0 saturated heterocycles. The number of aromatic nitrogens is 4. The number of benzene rings is 1. The second-order valence-electron chi connectivity index (χ2n) is 4.78. The average molecular weight is 260 g/mol. The van der Waals surface area contributed by atoms with Crippen molar-refractivity contribution in [3.8, 4) is 5.69 Å². The molecule has 0 bridgehead atoms. The summed E-state index contributed by atoms with van der Waals surface area (Å²) in [6.07, 6.45) is 5.41. The van der Waals surface area contributed by atoms with Gasteiger partial charge in [-0.2, -0.15) is 0 Å². The summed E-state index contributed by atoms with van der Waals surface area (Å²) in [4.78, 5) is 13.1. The first-order chi connectivity index (χ1) is 9.83. The van der Waals surface area contributed by atoms with Gasteiger partial charge in [-0.05, 0) is 25.1 Å². The number of hydrogen-bond acceptors (Lipinski definition) is 3. The van der Waals surface area contributed by atoms with Gasteiger partial charge in [0.1, 0.15) is 11.8 Å². The first kappa shape index (κ1) is 11.1. The van der Waals surface area contributed by atoms with Gasteiger partial charge >= 0.3 is 0 Å². The molecule has 0 amide bonds. The first-order valence-electron chi connectivity index (χ1n) is 6.47. The largest absolute Gasteiger partial charge is 0.298 e. The number of imidazole rings is 1. The highest BCUT2D eigenvalue weighted by molar-refractivity contribution is 5.89. The van der Waals surface area contributed by atoms with Crippen LogP contribution in [0.15, 0.2) is 55.1 Å². The van der Waals surface area contributed by atoms with Gasteiger partial charge in [0.05, 0.1) is 22.9 Å². The smallest absolute Gasteiger partial charge is 0.107 e. The Bertz CT molecular complexity index is 924. The standard InChI is InChI=1S/C16H12N4/c1-11-8-16(12-4-2-3-5-13(12)19-11)20-10-18-14-9-17-7-6-15(14)20/h2-10H,1H3. The van der Waals surface area contributed by atoms with Crippen LogP contribution in [0, 0.1) is 6.92 Å². The number of nitrogens with zero attached hydrogens (tertiary/aromatic N) is 4. The minimum Gasteiger partial charge on any atom is -0.298 e. The quantitative estimate of drug-likeness (QED) is 0.527. The molecule has 96 valence electrons. The predicted octanol–water partition coefficient (Wildman–Crippen LogP) is 3.28. The fourth-order valence-corrected chi connectivity index (χ4v) is 2.54. The molecular formula is C16H12N4. The Hall–Kier alpha value is -2.75. The molecule has 3 heterocycles. The van der Waals surface area contributed by atoms with E-state index in [9.17, 15) is 0 Å². The molecule has 0 aliphatic carbocycles. The lowest BCUT2D eigenvalue weighted by atomic mass is 10.1. The monoisotopic (exact) mass is 260 g/mol. The SMILES string of the molecule is Cc1cc(-n2cnc3cnccc32)c2ccccc2n1. The van der Waals surface area contributed by atoms with Crippen molar-refractivity contribution in [2.45, 2.75) is 6.92 Å². The van der Waals surface area contributed by atoms with E-state index in [1.165, 1.54) is 0 Å². The minimum absolute atomic E-state index is 0.894. The second kappa shape index (κ2) is 4.13. The zero-order valence-corrected chi connectivity index (χ0v) is 11.0. The number of hydrogen-bond donors (Lipinski definition) is 0. The lowest BCUT2D eigenvalue weighted by Crippen LogP contribution is -1.96. The summed E-state index contributed by atoms with van der Waals surface area (Å²) in [5, 5.41) is 1.12. The Labute approximate surface area is 115 Å². The number of aryl methyl sites for hydroxylation is 1. The summed E-state index contributed by atoms with van der Waals surface area (Å²) in [5.41, 5.74) is 5.04. The lowest BCUT2D eigenvalue weighted by Gasteiger charge is -2.09. The molecule has 3 aromatic heterocycles. The maximum absolute atomic E-state index is 4.58. The van der Waals surface area contributed by atoms with Gasteiger partial charge in [0, 0.05) is 17.3 Å². The third-order valence-electron chi connectivity index (χ3n) is 3.43. The molecule has 0 saturated carbocycles. The number of para-hydroxylation sites is 1. The molecule has 4 nitrogen and oxygen atoms in total. The first-order valence-corrected chi connectivity index (χ1v) is 6.47. The molecule has 4 rings (SSSR count). The Balaban J connectivity index is 2.12. The summed E-state index contributed by atoms with van der Waals surface area (Å²) in [5.74, 6) is 0. The van der Waals surface area contributed by atoms with Gasteiger partial charge in [0.25, 0.3) is 0 Å². The van der Waals surface area contributed by atoms with Crippen molar-refractivity contribution in [3.63, 3.8) is 0 Å². The van der Waals surface area contributed by atoms with Gasteiger partial charge < -0.3 is 0 Å². The lowest BCUT2D eigenvalue weighted by molar-refractivity contribution is 1.09. The molecule has 20 heavy (non-hydrogen) atoms. The van der Waals surface area contributed by atoms with Gasteiger partial charge in [-0.25, -0.2) is 4.98 Å². The molecule has 0 N–H and O–H groups in total. The molecule has 4 heteroatoms. The Kier molecular flexibility index (Phi) is 2.29. The van der Waals surface area contributed by atoms with Gasteiger partial charge in [0.2, 0.25) is 0 Å². The van der Waals surface area contributed by atoms with Crippen LogP contribution in [-0.2, 0) is 0 Å². The maximum Gasteiger partial charge on any atom is 0.107 e. The van der Waals surface area contributed by atoms with Crippen LogP contribution in [0.3, 0.4) is 0 Å².